The standard InChI is InChI=1S/C21H23NO5/c1-21(2,3)14-8-4-5-9-15(14)22-19(23)13-26-20(24)18-12-25-16-10-6-7-11-17(16)27-18/h4-11,18H,12-13H2,1-3H3,(H,22,23)/t18-/m1/s1. The number of carbonyl (C=O) groups excluding carboxylic acids is 2. The summed E-state index contributed by atoms with van der Waals surface area (Å²) in [5, 5.41) is 2.80. The van der Waals surface area contributed by atoms with Crippen LogP contribution >= 0.6 is 0 Å². The van der Waals surface area contributed by atoms with Crippen LogP contribution < -0.4 is 14.8 Å². The van der Waals surface area contributed by atoms with E-state index in [4.69, 9.17) is 14.2 Å². The molecule has 6 nitrogen and oxygen atoms in total. The van der Waals surface area contributed by atoms with Gasteiger partial charge in [0.05, 0.1) is 0 Å². The highest BCUT2D eigenvalue weighted by Gasteiger charge is 2.29. The molecule has 1 aliphatic rings. The molecule has 0 aromatic heterocycles. The number of benzene rings is 2. The lowest BCUT2D eigenvalue weighted by Crippen LogP contribution is -2.39. The summed E-state index contributed by atoms with van der Waals surface area (Å²) in [4.78, 5) is 24.4. The van der Waals surface area contributed by atoms with E-state index in [9.17, 15) is 9.59 Å². The van der Waals surface area contributed by atoms with Gasteiger partial charge in [-0.3, -0.25) is 4.79 Å². The minimum Gasteiger partial charge on any atom is -0.485 e. The van der Waals surface area contributed by atoms with Gasteiger partial charge in [-0.15, -0.1) is 0 Å². The summed E-state index contributed by atoms with van der Waals surface area (Å²) in [7, 11) is 0. The molecular formula is C21H23NO5. The summed E-state index contributed by atoms with van der Waals surface area (Å²) in [5.74, 6) is 0.0215. The molecule has 6 heteroatoms. The maximum Gasteiger partial charge on any atom is 0.351 e. The fourth-order valence-corrected chi connectivity index (χ4v) is 2.80. The zero-order valence-electron chi connectivity index (χ0n) is 15.7. The van der Waals surface area contributed by atoms with Crippen LogP contribution in [0.5, 0.6) is 11.5 Å². The largest absolute Gasteiger partial charge is 0.485 e. The topological polar surface area (TPSA) is 73.9 Å². The third-order valence-electron chi connectivity index (χ3n) is 4.13. The minimum atomic E-state index is -0.894. The lowest BCUT2D eigenvalue weighted by atomic mass is 9.86. The van der Waals surface area contributed by atoms with Crippen molar-refractivity contribution in [1.29, 1.82) is 0 Å². The molecule has 0 bridgehead atoms. The molecule has 1 atom stereocenters. The first-order chi connectivity index (χ1) is 12.8. The van der Waals surface area contributed by atoms with Gasteiger partial charge in [0.1, 0.15) is 6.61 Å². The van der Waals surface area contributed by atoms with E-state index in [1.54, 1.807) is 18.2 Å². The van der Waals surface area contributed by atoms with E-state index >= 15 is 0 Å². The Morgan fingerprint density at radius 3 is 2.48 bits per heavy atom. The van der Waals surface area contributed by atoms with Crippen molar-refractivity contribution in [3.05, 3.63) is 54.1 Å². The van der Waals surface area contributed by atoms with E-state index in [0.29, 0.717) is 17.2 Å². The van der Waals surface area contributed by atoms with Crippen molar-refractivity contribution in [3.8, 4) is 11.5 Å². The Labute approximate surface area is 158 Å². The number of carbonyl (C=O) groups is 2. The molecule has 1 N–H and O–H groups in total. The fraction of sp³-hybridized carbons (Fsp3) is 0.333. The maximum atomic E-state index is 12.2. The molecule has 3 rings (SSSR count). The molecule has 1 heterocycles. The Kier molecular flexibility index (Phi) is 5.35. The molecule has 1 aliphatic heterocycles. The van der Waals surface area contributed by atoms with Crippen LogP contribution in [0.2, 0.25) is 0 Å². The van der Waals surface area contributed by atoms with Crippen molar-refractivity contribution in [3.63, 3.8) is 0 Å². The number of fused-ring (bicyclic) bond motifs is 1. The highest BCUT2D eigenvalue weighted by Crippen LogP contribution is 2.31. The van der Waals surface area contributed by atoms with Gasteiger partial charge < -0.3 is 19.5 Å². The van der Waals surface area contributed by atoms with Gasteiger partial charge in [0, 0.05) is 5.69 Å². The summed E-state index contributed by atoms with van der Waals surface area (Å²) < 4.78 is 16.2. The summed E-state index contributed by atoms with van der Waals surface area (Å²) in [5.41, 5.74) is 1.59. The number of anilines is 1. The number of para-hydroxylation sites is 3. The number of hydrogen-bond donors (Lipinski definition) is 1. The predicted octanol–water partition coefficient (Wildman–Crippen LogP) is 3.31. The van der Waals surface area contributed by atoms with Crippen LogP contribution in [-0.2, 0) is 19.7 Å². The molecule has 1 amide bonds. The second-order valence-electron chi connectivity index (χ2n) is 7.32. The lowest BCUT2D eigenvalue weighted by Gasteiger charge is -2.25. The first kappa shape index (κ1) is 18.8. The third kappa shape index (κ3) is 4.58. The van der Waals surface area contributed by atoms with Gasteiger partial charge in [0.25, 0.3) is 5.91 Å². The second-order valence-corrected chi connectivity index (χ2v) is 7.32. The van der Waals surface area contributed by atoms with Crippen molar-refractivity contribution < 1.29 is 23.8 Å². The predicted molar refractivity (Wildman–Crippen MR) is 101 cm³/mol. The quantitative estimate of drug-likeness (QED) is 0.837. The zero-order chi connectivity index (χ0) is 19.4. The molecule has 0 radical (unpaired) electrons. The number of esters is 1. The molecule has 2 aromatic carbocycles. The van der Waals surface area contributed by atoms with Crippen molar-refractivity contribution >= 4 is 17.6 Å². The monoisotopic (exact) mass is 369 g/mol. The molecule has 0 aliphatic carbocycles. The van der Waals surface area contributed by atoms with E-state index in [0.717, 1.165) is 5.56 Å². The highest BCUT2D eigenvalue weighted by molar-refractivity contribution is 5.94. The molecule has 0 saturated carbocycles. The van der Waals surface area contributed by atoms with E-state index in [2.05, 4.69) is 26.1 Å². The van der Waals surface area contributed by atoms with Crippen LogP contribution in [0.3, 0.4) is 0 Å². The second kappa shape index (κ2) is 7.70. The van der Waals surface area contributed by atoms with Crippen LogP contribution in [0.4, 0.5) is 5.69 Å². The van der Waals surface area contributed by atoms with Crippen molar-refractivity contribution in [2.45, 2.75) is 32.3 Å². The Balaban J connectivity index is 1.55. The smallest absolute Gasteiger partial charge is 0.351 e. The van der Waals surface area contributed by atoms with Gasteiger partial charge >= 0.3 is 5.97 Å². The summed E-state index contributed by atoms with van der Waals surface area (Å²) in [6.07, 6.45) is -0.894. The first-order valence-corrected chi connectivity index (χ1v) is 8.79. The van der Waals surface area contributed by atoms with Crippen LogP contribution in [0.15, 0.2) is 48.5 Å². The van der Waals surface area contributed by atoms with E-state index in [1.165, 1.54) is 0 Å². The van der Waals surface area contributed by atoms with Gasteiger partial charge in [-0.25, -0.2) is 4.79 Å². The molecule has 0 fully saturated rings. The molecular weight excluding hydrogens is 346 g/mol. The van der Waals surface area contributed by atoms with Gasteiger partial charge in [-0.2, -0.15) is 0 Å². The van der Waals surface area contributed by atoms with Gasteiger partial charge in [0.2, 0.25) is 6.10 Å². The average Bonchev–Trinajstić information content (AvgIpc) is 2.65. The first-order valence-electron chi connectivity index (χ1n) is 8.79. The van der Waals surface area contributed by atoms with Gasteiger partial charge in [0.15, 0.2) is 18.1 Å². The van der Waals surface area contributed by atoms with E-state index in [1.807, 2.05) is 30.3 Å². The van der Waals surface area contributed by atoms with Crippen molar-refractivity contribution in [2.75, 3.05) is 18.5 Å². The number of amides is 1. The lowest BCUT2D eigenvalue weighted by molar-refractivity contribution is -0.156. The van der Waals surface area contributed by atoms with Crippen molar-refractivity contribution in [2.24, 2.45) is 0 Å². The normalized spacial score (nSPS) is 15.7. The Morgan fingerprint density at radius 1 is 1.07 bits per heavy atom. The average molecular weight is 369 g/mol. The minimum absolute atomic E-state index is 0.0460. The molecule has 0 spiro atoms. The Hall–Kier alpha value is -3.02. The fourth-order valence-electron chi connectivity index (χ4n) is 2.80. The SMILES string of the molecule is CC(C)(C)c1ccccc1NC(=O)COC(=O)[C@H]1COc2ccccc2O1. The zero-order valence-corrected chi connectivity index (χ0v) is 15.7. The van der Waals surface area contributed by atoms with Gasteiger partial charge in [-0.1, -0.05) is 51.1 Å². The molecule has 0 saturated heterocycles. The summed E-state index contributed by atoms with van der Waals surface area (Å²) in [6, 6.07) is 14.6. The van der Waals surface area contributed by atoms with Crippen LogP contribution in [0, 0.1) is 0 Å². The number of rotatable bonds is 4. The van der Waals surface area contributed by atoms with E-state index < -0.39 is 24.6 Å². The maximum absolute atomic E-state index is 12.2. The van der Waals surface area contributed by atoms with Crippen LogP contribution in [-0.4, -0.2) is 31.2 Å². The molecule has 142 valence electrons. The van der Waals surface area contributed by atoms with E-state index in [-0.39, 0.29) is 12.0 Å². The molecule has 2 aromatic rings. The van der Waals surface area contributed by atoms with Gasteiger partial charge in [-0.05, 0) is 29.2 Å². The molecule has 0 unspecified atom stereocenters. The van der Waals surface area contributed by atoms with Crippen LogP contribution in [0.1, 0.15) is 26.3 Å². The van der Waals surface area contributed by atoms with Crippen LogP contribution in [0.25, 0.3) is 0 Å². The highest BCUT2D eigenvalue weighted by atomic mass is 16.6. The summed E-state index contributed by atoms with van der Waals surface area (Å²) >= 11 is 0. The Bertz CT molecular complexity index is 840. The third-order valence-corrected chi connectivity index (χ3v) is 4.13. The number of ether oxygens (including phenoxy) is 3. The summed E-state index contributed by atoms with van der Waals surface area (Å²) in [6.45, 7) is 5.85. The number of hydrogen-bond acceptors (Lipinski definition) is 5. The Morgan fingerprint density at radius 2 is 1.74 bits per heavy atom. The molecule has 27 heavy (non-hydrogen) atoms. The number of nitrogens with one attached hydrogen (secondary N) is 1. The van der Waals surface area contributed by atoms with Crippen molar-refractivity contribution in [1.82, 2.24) is 0 Å².